The molecule has 0 fully saturated rings. The molecule has 1 amide bonds. The predicted molar refractivity (Wildman–Crippen MR) is 68.9 cm³/mol. The fourth-order valence-electron chi connectivity index (χ4n) is 1.85. The summed E-state index contributed by atoms with van der Waals surface area (Å²) in [6, 6.07) is 7.12. The van der Waals surface area contributed by atoms with Gasteiger partial charge in [0.25, 0.3) is 5.91 Å². The minimum atomic E-state index is -0.304. The van der Waals surface area contributed by atoms with Gasteiger partial charge < -0.3 is 5.73 Å². The molecule has 0 saturated carbocycles. The van der Waals surface area contributed by atoms with E-state index < -0.39 is 0 Å². The van der Waals surface area contributed by atoms with E-state index in [2.05, 4.69) is 30.9 Å². The van der Waals surface area contributed by atoms with Crippen LogP contribution in [0.15, 0.2) is 39.9 Å². The lowest BCUT2D eigenvalue weighted by Gasteiger charge is -1.99. The van der Waals surface area contributed by atoms with Crippen molar-refractivity contribution in [2.75, 3.05) is 5.73 Å². The van der Waals surface area contributed by atoms with Gasteiger partial charge in [-0.2, -0.15) is 0 Å². The first kappa shape index (κ1) is 11.0. The molecule has 0 saturated heterocycles. The van der Waals surface area contributed by atoms with Crippen molar-refractivity contribution in [3.8, 4) is 0 Å². The Hall–Kier alpha value is -2.08. The highest BCUT2D eigenvalue weighted by Gasteiger charge is 2.19. The second kappa shape index (κ2) is 3.99. The molecule has 1 aliphatic rings. The van der Waals surface area contributed by atoms with Crippen LogP contribution in [0.25, 0.3) is 5.57 Å². The third kappa shape index (κ3) is 1.70. The topological polar surface area (TPSA) is 81.2 Å². The van der Waals surface area contributed by atoms with Crippen LogP contribution in [-0.4, -0.2) is 15.9 Å². The van der Waals surface area contributed by atoms with Crippen molar-refractivity contribution in [3.05, 3.63) is 51.2 Å². The predicted octanol–water partition coefficient (Wildman–Crippen LogP) is 0.180. The number of halogens is 1. The molecule has 0 radical (unpaired) electrons. The maximum atomic E-state index is 11.9. The number of aromatic nitrogens is 2. The number of nitrogens with two attached hydrogens (primary N) is 1. The Bertz CT molecular complexity index is 785. The molecule has 18 heavy (non-hydrogen) atoms. The van der Waals surface area contributed by atoms with Gasteiger partial charge in [0, 0.05) is 15.9 Å². The minimum absolute atomic E-state index is 0.135. The van der Waals surface area contributed by atoms with Crippen LogP contribution in [0, 0.1) is 0 Å². The van der Waals surface area contributed by atoms with Crippen LogP contribution in [0.1, 0.15) is 5.69 Å². The van der Waals surface area contributed by atoms with E-state index in [1.165, 1.54) is 6.20 Å². The standard InChI is InChI=1S/C12H7BrN4O/c13-6-1-2-8-7(5-6)10(11(18)16-8)9-3-4-15-12(14)17-9/h1-5H,(H2,14,15,17). The number of nitrogen functional groups attached to an aromatic ring is 1. The summed E-state index contributed by atoms with van der Waals surface area (Å²) in [5, 5.41) is 1.41. The SMILES string of the molecule is Nc1nccc(C2=c3cc(Br)ccc3=NC2=O)n1. The Morgan fingerprint density at radius 1 is 1.22 bits per heavy atom. The largest absolute Gasteiger partial charge is 0.368 e. The van der Waals surface area contributed by atoms with Crippen molar-refractivity contribution < 1.29 is 4.79 Å². The summed E-state index contributed by atoms with van der Waals surface area (Å²) in [6.45, 7) is 0. The highest BCUT2D eigenvalue weighted by Crippen LogP contribution is 2.13. The molecule has 2 heterocycles. The summed E-state index contributed by atoms with van der Waals surface area (Å²) in [6.07, 6.45) is 1.52. The highest BCUT2D eigenvalue weighted by molar-refractivity contribution is 9.10. The van der Waals surface area contributed by atoms with Crippen molar-refractivity contribution >= 4 is 33.4 Å². The van der Waals surface area contributed by atoms with Crippen LogP contribution < -0.4 is 16.3 Å². The molecule has 1 aliphatic heterocycles. The maximum Gasteiger partial charge on any atom is 0.280 e. The zero-order chi connectivity index (χ0) is 12.7. The van der Waals surface area contributed by atoms with Gasteiger partial charge in [-0.05, 0) is 24.3 Å². The van der Waals surface area contributed by atoms with Gasteiger partial charge in [-0.25, -0.2) is 15.0 Å². The van der Waals surface area contributed by atoms with E-state index in [0.717, 1.165) is 9.69 Å². The number of anilines is 1. The van der Waals surface area contributed by atoms with Gasteiger partial charge in [0.2, 0.25) is 5.95 Å². The lowest BCUT2D eigenvalue weighted by molar-refractivity contribution is -0.112. The molecule has 0 spiro atoms. The third-order valence-corrected chi connectivity index (χ3v) is 3.09. The Balaban J connectivity index is 2.38. The van der Waals surface area contributed by atoms with Crippen LogP contribution >= 0.6 is 15.9 Å². The fourth-order valence-corrected chi connectivity index (χ4v) is 2.21. The Morgan fingerprint density at radius 3 is 2.83 bits per heavy atom. The smallest absolute Gasteiger partial charge is 0.280 e. The highest BCUT2D eigenvalue weighted by atomic mass is 79.9. The molecular weight excluding hydrogens is 296 g/mol. The van der Waals surface area contributed by atoms with E-state index in [1.807, 2.05) is 12.1 Å². The molecule has 5 nitrogen and oxygen atoms in total. The van der Waals surface area contributed by atoms with Gasteiger partial charge >= 0.3 is 0 Å². The molecule has 6 heteroatoms. The number of carbonyl (C=O) groups excluding carboxylic acids is 1. The van der Waals surface area contributed by atoms with Gasteiger partial charge in [0.1, 0.15) is 0 Å². The fraction of sp³-hybridized carbons (Fsp3) is 0. The molecule has 2 N–H and O–H groups in total. The molecule has 0 atom stereocenters. The number of fused-ring (bicyclic) bond motifs is 1. The van der Waals surface area contributed by atoms with Crippen LogP contribution in [0.2, 0.25) is 0 Å². The summed E-state index contributed by atoms with van der Waals surface area (Å²) in [5.74, 6) is -0.169. The van der Waals surface area contributed by atoms with Gasteiger partial charge in [-0.3, -0.25) is 4.79 Å². The number of amides is 1. The summed E-state index contributed by atoms with van der Waals surface area (Å²) in [7, 11) is 0. The number of carbonyl (C=O) groups is 1. The van der Waals surface area contributed by atoms with Crippen LogP contribution in [-0.2, 0) is 4.79 Å². The second-order valence-corrected chi connectivity index (χ2v) is 4.67. The van der Waals surface area contributed by atoms with Gasteiger partial charge in [-0.1, -0.05) is 15.9 Å². The number of hydrogen-bond acceptors (Lipinski definition) is 4. The van der Waals surface area contributed by atoms with E-state index in [1.54, 1.807) is 12.1 Å². The van der Waals surface area contributed by atoms with Gasteiger partial charge in [0.15, 0.2) is 0 Å². The zero-order valence-electron chi connectivity index (χ0n) is 9.09. The first-order chi connectivity index (χ1) is 8.65. The van der Waals surface area contributed by atoms with Crippen LogP contribution in [0.3, 0.4) is 0 Å². The molecular formula is C12H7BrN4O. The number of rotatable bonds is 1. The van der Waals surface area contributed by atoms with Crippen molar-refractivity contribution in [2.45, 2.75) is 0 Å². The summed E-state index contributed by atoms with van der Waals surface area (Å²) < 4.78 is 0.880. The number of nitrogens with zero attached hydrogens (tertiary/aromatic N) is 3. The normalized spacial score (nSPS) is 13.4. The van der Waals surface area contributed by atoms with Gasteiger partial charge in [0.05, 0.1) is 16.6 Å². The first-order valence-corrected chi connectivity index (χ1v) is 5.96. The summed E-state index contributed by atoms with van der Waals surface area (Å²) in [4.78, 5) is 23.8. The third-order valence-electron chi connectivity index (χ3n) is 2.59. The summed E-state index contributed by atoms with van der Waals surface area (Å²) >= 11 is 3.38. The average Bonchev–Trinajstić information content (AvgIpc) is 2.64. The van der Waals surface area contributed by atoms with Crippen molar-refractivity contribution in [3.63, 3.8) is 0 Å². The molecule has 88 valence electrons. The Morgan fingerprint density at radius 2 is 2.06 bits per heavy atom. The van der Waals surface area contributed by atoms with E-state index in [9.17, 15) is 4.79 Å². The average molecular weight is 303 g/mol. The lowest BCUT2D eigenvalue weighted by atomic mass is 10.1. The first-order valence-electron chi connectivity index (χ1n) is 5.17. The second-order valence-electron chi connectivity index (χ2n) is 3.75. The van der Waals surface area contributed by atoms with Crippen molar-refractivity contribution in [2.24, 2.45) is 4.99 Å². The van der Waals surface area contributed by atoms with Crippen molar-refractivity contribution in [1.82, 2.24) is 9.97 Å². The van der Waals surface area contributed by atoms with Crippen LogP contribution in [0.5, 0.6) is 0 Å². The van der Waals surface area contributed by atoms with Crippen molar-refractivity contribution in [1.29, 1.82) is 0 Å². The quantitative estimate of drug-likeness (QED) is 0.815. The van der Waals surface area contributed by atoms with E-state index >= 15 is 0 Å². The maximum absolute atomic E-state index is 11.9. The molecule has 0 aliphatic carbocycles. The van der Waals surface area contributed by atoms with Gasteiger partial charge in [-0.15, -0.1) is 0 Å². The number of benzene rings is 1. The molecule has 1 aromatic carbocycles. The number of hydrogen-bond donors (Lipinski definition) is 1. The Kier molecular flexibility index (Phi) is 2.45. The van der Waals surface area contributed by atoms with E-state index in [-0.39, 0.29) is 11.9 Å². The molecule has 0 unspecified atom stereocenters. The molecule has 0 bridgehead atoms. The molecule has 2 aromatic rings. The lowest BCUT2D eigenvalue weighted by Crippen LogP contribution is -2.23. The molecule has 3 rings (SSSR count). The summed E-state index contributed by atoms with van der Waals surface area (Å²) in [5.41, 5.74) is 6.49. The van der Waals surface area contributed by atoms with E-state index in [0.29, 0.717) is 16.6 Å². The van der Waals surface area contributed by atoms with Crippen LogP contribution in [0.4, 0.5) is 5.95 Å². The zero-order valence-corrected chi connectivity index (χ0v) is 10.7. The monoisotopic (exact) mass is 302 g/mol. The molecule has 1 aromatic heterocycles. The minimum Gasteiger partial charge on any atom is -0.368 e. The van der Waals surface area contributed by atoms with E-state index in [4.69, 9.17) is 5.73 Å². The Labute approximate surface area is 110 Å².